The molecule has 0 bridgehead atoms. The SMILES string of the molecule is N#CC(=C1C(=C(/C#N)c2c(F)c(F)c(C(F)(F)F)c(F)c2F)/C1=C(/C#N)c1c(F)c(F)c(C(F)(F)F)c(F)c1F)c1c(F)c(F)cc(F)c1F. The van der Waals surface area contributed by atoms with E-state index in [1.807, 2.05) is 0 Å². The van der Waals surface area contributed by atoms with Crippen LogP contribution >= 0.6 is 0 Å². The lowest BCUT2D eigenvalue weighted by Gasteiger charge is -2.14. The van der Waals surface area contributed by atoms with Crippen molar-refractivity contribution in [3.63, 3.8) is 0 Å². The Bertz CT molecular complexity index is 2080. The molecule has 0 radical (unpaired) electrons. The van der Waals surface area contributed by atoms with Crippen LogP contribution in [0.15, 0.2) is 22.8 Å². The molecule has 50 heavy (non-hydrogen) atoms. The molecule has 4 rings (SSSR count). The second kappa shape index (κ2) is 12.2. The van der Waals surface area contributed by atoms with Gasteiger partial charge in [0, 0.05) is 22.8 Å². The number of hydrogen-bond donors (Lipinski definition) is 0. The monoisotopic (exact) mass is 733 g/mol. The first-order chi connectivity index (χ1) is 23.0. The van der Waals surface area contributed by atoms with Gasteiger partial charge in [-0.25, -0.2) is 52.7 Å². The topological polar surface area (TPSA) is 71.4 Å². The molecule has 0 atom stereocenters. The zero-order chi connectivity index (χ0) is 38.1. The molecule has 0 saturated heterocycles. The van der Waals surface area contributed by atoms with Crippen LogP contribution in [0.2, 0.25) is 0 Å². The summed E-state index contributed by atoms with van der Waals surface area (Å²) in [6, 6.07) is 1.76. The first-order valence-electron chi connectivity index (χ1n) is 12.1. The molecule has 1 fully saturated rings. The lowest BCUT2D eigenvalue weighted by Crippen LogP contribution is -2.17. The zero-order valence-corrected chi connectivity index (χ0v) is 22.7. The van der Waals surface area contributed by atoms with Crippen LogP contribution in [0, 0.1) is 104 Å². The van der Waals surface area contributed by atoms with E-state index in [1.165, 1.54) is 0 Å². The minimum absolute atomic E-state index is 0.466. The molecular weight excluding hydrogens is 732 g/mol. The highest BCUT2D eigenvalue weighted by Gasteiger charge is 2.49. The molecule has 21 heteroatoms. The number of rotatable bonds is 3. The minimum Gasteiger partial charge on any atom is -0.204 e. The molecule has 258 valence electrons. The van der Waals surface area contributed by atoms with E-state index in [0.29, 0.717) is 12.1 Å². The van der Waals surface area contributed by atoms with Crippen molar-refractivity contribution in [1.82, 2.24) is 0 Å². The third kappa shape index (κ3) is 5.46. The third-order valence-electron chi connectivity index (χ3n) is 6.73. The molecule has 3 nitrogen and oxygen atoms in total. The van der Waals surface area contributed by atoms with Gasteiger partial charge in [0.05, 0.1) is 33.4 Å². The average Bonchev–Trinajstić information content (AvgIpc) is 3.73. The molecule has 1 aliphatic carbocycles. The van der Waals surface area contributed by atoms with Gasteiger partial charge in [-0.3, -0.25) is 0 Å². The number of halogens is 18. The number of hydrogen-bond acceptors (Lipinski definition) is 3. The number of allylic oxidation sites excluding steroid dienone is 6. The van der Waals surface area contributed by atoms with E-state index in [9.17, 15) is 94.8 Å². The second-order valence-electron chi connectivity index (χ2n) is 9.44. The van der Waals surface area contributed by atoms with Crippen molar-refractivity contribution in [2.24, 2.45) is 0 Å². The molecule has 0 aromatic heterocycles. The summed E-state index contributed by atoms with van der Waals surface area (Å²) in [6.45, 7) is 0. The van der Waals surface area contributed by atoms with Gasteiger partial charge in [-0.15, -0.1) is 0 Å². The molecule has 0 aliphatic heterocycles. The van der Waals surface area contributed by atoms with Gasteiger partial charge in [0.2, 0.25) is 0 Å². The van der Waals surface area contributed by atoms with Crippen LogP contribution in [-0.4, -0.2) is 0 Å². The maximum absolute atomic E-state index is 15.0. The van der Waals surface area contributed by atoms with Crippen molar-refractivity contribution in [2.45, 2.75) is 12.4 Å². The van der Waals surface area contributed by atoms with Gasteiger partial charge in [0.1, 0.15) is 29.3 Å². The minimum atomic E-state index is -6.19. The highest BCUT2D eigenvalue weighted by Crippen LogP contribution is 2.57. The van der Waals surface area contributed by atoms with Crippen LogP contribution in [-0.2, 0) is 12.4 Å². The predicted molar refractivity (Wildman–Crippen MR) is 126 cm³/mol. The van der Waals surface area contributed by atoms with E-state index >= 15 is 0 Å². The summed E-state index contributed by atoms with van der Waals surface area (Å²) in [5, 5.41) is 29.0. The van der Waals surface area contributed by atoms with Gasteiger partial charge in [-0.2, -0.15) is 42.1 Å². The standard InChI is InChI=1S/C29HF18N3/c30-8-1-9(31)19(33)13(18(8)32)5(2-48)10-11(6(3-49)14-20(34)24(38)16(28(42,43)44)25(39)21(14)35)12(10)7(4-50)15-22(36)26(40)17(29(45,46)47)27(41)23(15)37/h1H/b10-5?,11-6-,12-7+. The fourth-order valence-corrected chi connectivity index (χ4v) is 4.64. The maximum atomic E-state index is 15.0. The van der Waals surface area contributed by atoms with Crippen LogP contribution in [0.25, 0.3) is 16.7 Å². The number of benzene rings is 3. The molecular formula is C29HF18N3. The molecule has 0 N–H and O–H groups in total. The predicted octanol–water partition coefficient (Wildman–Crippen LogP) is 9.64. The average molecular weight is 733 g/mol. The molecule has 3 aromatic rings. The van der Waals surface area contributed by atoms with Gasteiger partial charge in [-0.05, 0) is 0 Å². The summed E-state index contributed by atoms with van der Waals surface area (Å²) in [5.41, 5.74) is -25.0. The van der Waals surface area contributed by atoms with Gasteiger partial charge in [0.25, 0.3) is 0 Å². The van der Waals surface area contributed by atoms with Crippen molar-refractivity contribution >= 4 is 16.7 Å². The first kappa shape index (κ1) is 36.9. The highest BCUT2D eigenvalue weighted by atomic mass is 19.4. The number of nitriles is 3. The second-order valence-corrected chi connectivity index (χ2v) is 9.44. The molecule has 0 unspecified atom stereocenters. The molecule has 0 heterocycles. The Morgan fingerprint density at radius 3 is 0.800 bits per heavy atom. The molecule has 0 spiro atoms. The van der Waals surface area contributed by atoms with Crippen LogP contribution in [0.3, 0.4) is 0 Å². The molecule has 0 amide bonds. The quantitative estimate of drug-likeness (QED) is 0.153. The van der Waals surface area contributed by atoms with E-state index in [0.717, 1.165) is 6.07 Å². The van der Waals surface area contributed by atoms with Crippen molar-refractivity contribution in [2.75, 3.05) is 0 Å². The Balaban J connectivity index is 2.35. The van der Waals surface area contributed by atoms with Gasteiger partial charge in [0.15, 0.2) is 69.8 Å². The zero-order valence-electron chi connectivity index (χ0n) is 22.7. The Morgan fingerprint density at radius 1 is 0.380 bits per heavy atom. The van der Waals surface area contributed by atoms with Crippen molar-refractivity contribution in [3.8, 4) is 18.2 Å². The fourth-order valence-electron chi connectivity index (χ4n) is 4.64. The lowest BCUT2D eigenvalue weighted by molar-refractivity contribution is -0.144. The van der Waals surface area contributed by atoms with Crippen LogP contribution in [0.1, 0.15) is 27.8 Å². The van der Waals surface area contributed by atoms with E-state index in [4.69, 9.17) is 0 Å². The first-order valence-corrected chi connectivity index (χ1v) is 12.1. The Morgan fingerprint density at radius 2 is 0.600 bits per heavy atom. The summed E-state index contributed by atoms with van der Waals surface area (Å²) in [4.78, 5) is 0. The van der Waals surface area contributed by atoms with Crippen LogP contribution in [0.4, 0.5) is 79.0 Å². The fraction of sp³-hybridized carbons (Fsp3) is 0.0690. The van der Waals surface area contributed by atoms with Crippen molar-refractivity contribution in [1.29, 1.82) is 15.8 Å². The van der Waals surface area contributed by atoms with Crippen molar-refractivity contribution in [3.05, 3.63) is 120 Å². The Hall–Kier alpha value is -5.91. The summed E-state index contributed by atoms with van der Waals surface area (Å²) < 4.78 is 254. The number of nitrogens with zero attached hydrogens (tertiary/aromatic N) is 3. The largest absolute Gasteiger partial charge is 0.422 e. The smallest absolute Gasteiger partial charge is 0.204 e. The van der Waals surface area contributed by atoms with Gasteiger partial charge in [-0.1, -0.05) is 0 Å². The molecule has 1 aliphatic rings. The summed E-state index contributed by atoms with van der Waals surface area (Å²) in [6.07, 6.45) is -12.4. The van der Waals surface area contributed by atoms with Crippen LogP contribution in [0.5, 0.6) is 0 Å². The normalized spacial score (nSPS) is 16.1. The summed E-state index contributed by atoms with van der Waals surface area (Å²) in [5.74, 6) is -35.2. The van der Waals surface area contributed by atoms with E-state index < -0.39 is 149 Å². The van der Waals surface area contributed by atoms with E-state index in [1.54, 1.807) is 0 Å². The Kier molecular flexibility index (Phi) is 9.01. The van der Waals surface area contributed by atoms with Crippen LogP contribution < -0.4 is 0 Å². The van der Waals surface area contributed by atoms with Crippen molar-refractivity contribution < 1.29 is 79.0 Å². The molecule has 3 aromatic carbocycles. The lowest BCUT2D eigenvalue weighted by atomic mass is 9.98. The summed E-state index contributed by atoms with van der Waals surface area (Å²) in [7, 11) is 0. The van der Waals surface area contributed by atoms with E-state index in [2.05, 4.69) is 0 Å². The highest BCUT2D eigenvalue weighted by molar-refractivity contribution is 6.12. The third-order valence-corrected chi connectivity index (χ3v) is 6.73. The Labute approximate surface area is 263 Å². The maximum Gasteiger partial charge on any atom is 0.422 e. The van der Waals surface area contributed by atoms with Gasteiger partial charge < -0.3 is 0 Å². The van der Waals surface area contributed by atoms with Gasteiger partial charge >= 0.3 is 12.4 Å². The van der Waals surface area contributed by atoms with E-state index in [-0.39, 0.29) is 0 Å². The number of alkyl halides is 6. The molecule has 1 saturated carbocycles. The summed E-state index contributed by atoms with van der Waals surface area (Å²) >= 11 is 0.